The van der Waals surface area contributed by atoms with Gasteiger partial charge in [0, 0.05) is 0 Å². The lowest BCUT2D eigenvalue weighted by Crippen LogP contribution is -2.28. The lowest BCUT2D eigenvalue weighted by molar-refractivity contribution is 1.33. The van der Waals surface area contributed by atoms with Gasteiger partial charge in [-0.25, -0.2) is 0 Å². The fourth-order valence-corrected chi connectivity index (χ4v) is 7.21. The molecular formula is C22H30Si2. The summed E-state index contributed by atoms with van der Waals surface area (Å²) in [6, 6.07) is 23.6. The van der Waals surface area contributed by atoms with E-state index in [9.17, 15) is 0 Å². The zero-order valence-corrected chi connectivity index (χ0v) is 17.7. The summed E-state index contributed by atoms with van der Waals surface area (Å²) in [5.74, 6) is 0. The van der Waals surface area contributed by atoms with Crippen LogP contribution in [0.15, 0.2) is 55.1 Å². The summed E-state index contributed by atoms with van der Waals surface area (Å²) in [4.78, 5) is 0. The lowest BCUT2D eigenvalue weighted by atomic mass is 10.00. The third kappa shape index (κ3) is 4.37. The smallest absolute Gasteiger partial charge is 0.0850 e. The summed E-state index contributed by atoms with van der Waals surface area (Å²) in [7, 11) is -0.707. The highest BCUT2D eigenvalue weighted by atomic mass is 28.3. The summed E-state index contributed by atoms with van der Waals surface area (Å²) < 4.78 is 0. The Morgan fingerprint density at radius 1 is 0.625 bits per heavy atom. The molecule has 0 spiro atoms. The van der Waals surface area contributed by atoms with Crippen LogP contribution in [0.4, 0.5) is 0 Å². The molecule has 24 heavy (non-hydrogen) atoms. The zero-order valence-electron chi connectivity index (χ0n) is 15.7. The number of hydrogen-bond donors (Lipinski definition) is 0. The Morgan fingerprint density at radius 2 is 0.917 bits per heavy atom. The maximum Gasteiger partial charge on any atom is 0.0850 e. The van der Waals surface area contributed by atoms with Gasteiger partial charge in [-0.15, -0.1) is 0 Å². The molecule has 0 amide bonds. The third-order valence-corrected chi connectivity index (χ3v) is 10.7. The normalized spacial score (nSPS) is 11.2. The van der Waals surface area contributed by atoms with Crippen LogP contribution in [-0.4, -0.2) is 17.6 Å². The van der Waals surface area contributed by atoms with Crippen LogP contribution in [-0.2, 0) is 0 Å². The molecule has 2 radical (unpaired) electrons. The Bertz CT molecular complexity index is 575. The van der Waals surface area contributed by atoms with Crippen molar-refractivity contribution in [2.75, 3.05) is 0 Å². The molecule has 0 atom stereocenters. The Morgan fingerprint density at radius 3 is 1.17 bits per heavy atom. The molecule has 0 aliphatic heterocycles. The first-order valence-corrected chi connectivity index (χ1v) is 13.1. The van der Waals surface area contributed by atoms with Gasteiger partial charge in [0.05, 0.1) is 17.6 Å². The molecule has 0 unspecified atom stereocenters. The van der Waals surface area contributed by atoms with Gasteiger partial charge >= 0.3 is 0 Å². The first-order valence-electron chi connectivity index (χ1n) is 9.24. The van der Waals surface area contributed by atoms with Gasteiger partial charge in [-0.1, -0.05) is 117 Å². The van der Waals surface area contributed by atoms with Crippen LogP contribution in [0.3, 0.4) is 0 Å². The molecule has 0 bridgehead atoms. The molecule has 126 valence electrons. The van der Waals surface area contributed by atoms with Crippen LogP contribution >= 0.6 is 0 Å². The van der Waals surface area contributed by atoms with Crippen molar-refractivity contribution in [2.45, 2.75) is 51.9 Å². The second kappa shape index (κ2) is 9.19. The van der Waals surface area contributed by atoms with Gasteiger partial charge < -0.3 is 0 Å². The molecule has 0 fully saturated rings. The molecular weight excluding hydrogens is 320 g/mol. The van der Waals surface area contributed by atoms with Gasteiger partial charge in [-0.2, -0.15) is 0 Å². The molecule has 2 rings (SSSR count). The van der Waals surface area contributed by atoms with E-state index >= 15 is 0 Å². The van der Waals surface area contributed by atoms with E-state index in [0.29, 0.717) is 0 Å². The predicted molar refractivity (Wildman–Crippen MR) is 114 cm³/mol. The van der Waals surface area contributed by atoms with Crippen molar-refractivity contribution in [1.29, 1.82) is 0 Å². The standard InChI is InChI=1S/C22H30Si2/c1-6-23(7-2)21-14-10-19(11-15-21)18(5)20-12-16-22(17-13-20)24(8-3)9-4/h10-17H,5-9H2,1-4H3. The van der Waals surface area contributed by atoms with Crippen molar-refractivity contribution in [2.24, 2.45) is 0 Å². The summed E-state index contributed by atoms with van der Waals surface area (Å²) in [6.07, 6.45) is 0. The SMILES string of the molecule is C=C(c1ccc([Si](CC)CC)cc1)c1ccc([Si](CC)CC)cc1. The van der Waals surface area contributed by atoms with Gasteiger partial charge in [0.25, 0.3) is 0 Å². The summed E-state index contributed by atoms with van der Waals surface area (Å²) in [5.41, 5.74) is 3.63. The Hall–Kier alpha value is -1.39. The summed E-state index contributed by atoms with van der Waals surface area (Å²) >= 11 is 0. The Labute approximate surface area is 151 Å². The van der Waals surface area contributed by atoms with E-state index in [0.717, 1.165) is 5.57 Å². The number of benzene rings is 2. The molecule has 2 aromatic carbocycles. The number of rotatable bonds is 8. The average molecular weight is 351 g/mol. The monoisotopic (exact) mass is 350 g/mol. The maximum absolute atomic E-state index is 4.34. The molecule has 0 aliphatic carbocycles. The highest BCUT2D eigenvalue weighted by Gasteiger charge is 2.11. The minimum absolute atomic E-state index is 0.354. The average Bonchev–Trinajstić information content (AvgIpc) is 2.64. The minimum Gasteiger partial charge on any atom is -0.0906 e. The van der Waals surface area contributed by atoms with E-state index in [2.05, 4.69) is 82.8 Å². The minimum atomic E-state index is -0.354. The second-order valence-corrected chi connectivity index (χ2v) is 12.7. The highest BCUT2D eigenvalue weighted by molar-refractivity contribution is 6.73. The van der Waals surface area contributed by atoms with Crippen LogP contribution in [0, 0.1) is 0 Å². The van der Waals surface area contributed by atoms with Crippen molar-refractivity contribution in [3.63, 3.8) is 0 Å². The van der Waals surface area contributed by atoms with Crippen LogP contribution in [0.2, 0.25) is 24.2 Å². The zero-order chi connectivity index (χ0) is 17.5. The van der Waals surface area contributed by atoms with E-state index in [-0.39, 0.29) is 17.6 Å². The largest absolute Gasteiger partial charge is 0.0906 e. The van der Waals surface area contributed by atoms with E-state index in [4.69, 9.17) is 0 Å². The molecule has 0 saturated carbocycles. The molecule has 0 saturated heterocycles. The molecule has 2 aromatic rings. The van der Waals surface area contributed by atoms with Crippen LogP contribution in [0.1, 0.15) is 38.8 Å². The lowest BCUT2D eigenvalue weighted by Gasteiger charge is -2.14. The van der Waals surface area contributed by atoms with Gasteiger partial charge in [0.2, 0.25) is 0 Å². The first-order chi connectivity index (χ1) is 11.6. The fraction of sp³-hybridized carbons (Fsp3) is 0.364. The number of hydrogen-bond acceptors (Lipinski definition) is 0. The van der Waals surface area contributed by atoms with Gasteiger partial charge in [0.1, 0.15) is 0 Å². The predicted octanol–water partition coefficient (Wildman–Crippen LogP) is 5.23. The Kier molecular flexibility index (Phi) is 7.25. The van der Waals surface area contributed by atoms with Crippen molar-refractivity contribution in [1.82, 2.24) is 0 Å². The van der Waals surface area contributed by atoms with E-state index in [1.165, 1.54) is 35.3 Å². The van der Waals surface area contributed by atoms with Crippen molar-refractivity contribution < 1.29 is 0 Å². The highest BCUT2D eigenvalue weighted by Crippen LogP contribution is 2.20. The van der Waals surface area contributed by atoms with Crippen LogP contribution < -0.4 is 10.4 Å². The quantitative estimate of drug-likeness (QED) is 0.572. The molecule has 0 heterocycles. The van der Waals surface area contributed by atoms with Crippen molar-refractivity contribution in [3.8, 4) is 0 Å². The maximum atomic E-state index is 4.34. The van der Waals surface area contributed by atoms with Gasteiger partial charge in [0.15, 0.2) is 0 Å². The third-order valence-electron chi connectivity index (χ3n) is 4.99. The van der Waals surface area contributed by atoms with E-state index in [1.807, 2.05) is 0 Å². The van der Waals surface area contributed by atoms with Crippen molar-refractivity contribution in [3.05, 3.63) is 66.2 Å². The topological polar surface area (TPSA) is 0 Å². The molecule has 0 aliphatic rings. The molecule has 0 nitrogen and oxygen atoms in total. The van der Waals surface area contributed by atoms with E-state index in [1.54, 1.807) is 10.4 Å². The van der Waals surface area contributed by atoms with Crippen LogP contribution in [0.25, 0.3) is 5.57 Å². The second-order valence-electron chi connectivity index (χ2n) is 6.25. The fourth-order valence-electron chi connectivity index (χ4n) is 3.30. The van der Waals surface area contributed by atoms with Crippen LogP contribution in [0.5, 0.6) is 0 Å². The Balaban J connectivity index is 2.16. The molecule has 0 N–H and O–H groups in total. The van der Waals surface area contributed by atoms with Gasteiger partial charge in [-0.3, -0.25) is 0 Å². The van der Waals surface area contributed by atoms with E-state index < -0.39 is 0 Å². The summed E-state index contributed by atoms with van der Waals surface area (Å²) in [6.45, 7) is 13.6. The van der Waals surface area contributed by atoms with Crippen molar-refractivity contribution >= 4 is 33.5 Å². The summed E-state index contributed by atoms with van der Waals surface area (Å²) in [5, 5.41) is 3.10. The first kappa shape index (κ1) is 18.9. The van der Waals surface area contributed by atoms with Gasteiger partial charge in [-0.05, 0) is 16.7 Å². The molecule has 2 heteroatoms. The molecule has 0 aromatic heterocycles.